The first-order chi connectivity index (χ1) is 7.31. The summed E-state index contributed by atoms with van der Waals surface area (Å²) in [4.78, 5) is 3.99. The third kappa shape index (κ3) is 2.37. The van der Waals surface area contributed by atoms with Gasteiger partial charge in [0, 0.05) is 17.5 Å². The van der Waals surface area contributed by atoms with Crippen LogP contribution in [0.25, 0.3) is 0 Å². The van der Waals surface area contributed by atoms with Crippen molar-refractivity contribution in [3.8, 4) is 0 Å². The van der Waals surface area contributed by atoms with E-state index in [9.17, 15) is 0 Å². The smallest absolute Gasteiger partial charge is 0.0736 e. The lowest BCUT2D eigenvalue weighted by Crippen LogP contribution is -2.26. The molecule has 1 heterocycles. The number of nitrogen functional groups attached to an aromatic ring is 1. The van der Waals surface area contributed by atoms with E-state index in [4.69, 9.17) is 5.73 Å². The number of nitrogens with zero attached hydrogens (tertiary/aromatic N) is 1. The van der Waals surface area contributed by atoms with E-state index in [1.165, 1.54) is 19.3 Å². The number of rotatable bonds is 3. The Balaban J connectivity index is 2.05. The highest BCUT2D eigenvalue weighted by atomic mass is 32.2. The SMILES string of the molecule is CSC1CCCC1Nc1ccncc1N. The van der Waals surface area contributed by atoms with Crippen LogP contribution < -0.4 is 11.1 Å². The van der Waals surface area contributed by atoms with Gasteiger partial charge in [-0.3, -0.25) is 4.98 Å². The average Bonchev–Trinajstić information content (AvgIpc) is 2.69. The van der Waals surface area contributed by atoms with Crippen LogP contribution in [-0.2, 0) is 0 Å². The molecule has 0 radical (unpaired) electrons. The van der Waals surface area contributed by atoms with Gasteiger partial charge in [0.05, 0.1) is 17.6 Å². The quantitative estimate of drug-likeness (QED) is 0.826. The Morgan fingerprint density at radius 1 is 1.53 bits per heavy atom. The maximum absolute atomic E-state index is 5.85. The van der Waals surface area contributed by atoms with Crippen molar-refractivity contribution in [3.63, 3.8) is 0 Å². The summed E-state index contributed by atoms with van der Waals surface area (Å²) in [7, 11) is 0. The van der Waals surface area contributed by atoms with E-state index in [0.717, 1.165) is 16.6 Å². The molecule has 2 unspecified atom stereocenters. The molecule has 2 rings (SSSR count). The van der Waals surface area contributed by atoms with Crippen LogP contribution in [0.2, 0.25) is 0 Å². The van der Waals surface area contributed by atoms with E-state index in [-0.39, 0.29) is 0 Å². The van der Waals surface area contributed by atoms with Crippen LogP contribution in [-0.4, -0.2) is 22.5 Å². The number of nitrogens with one attached hydrogen (secondary N) is 1. The zero-order valence-corrected chi connectivity index (χ0v) is 9.76. The molecule has 1 aromatic rings. The Morgan fingerprint density at radius 3 is 3.13 bits per heavy atom. The first-order valence-electron chi connectivity index (χ1n) is 5.30. The zero-order valence-electron chi connectivity index (χ0n) is 8.94. The fourth-order valence-corrected chi connectivity index (χ4v) is 3.05. The normalized spacial score (nSPS) is 25.4. The fourth-order valence-electron chi connectivity index (χ4n) is 2.11. The third-order valence-corrected chi connectivity index (χ3v) is 4.12. The molecule has 0 amide bonds. The molecule has 4 heteroatoms. The minimum atomic E-state index is 0.560. The van der Waals surface area contributed by atoms with Crippen LogP contribution >= 0.6 is 11.8 Å². The van der Waals surface area contributed by atoms with Crippen LogP contribution in [0, 0.1) is 0 Å². The maximum Gasteiger partial charge on any atom is 0.0736 e. The highest BCUT2D eigenvalue weighted by Crippen LogP contribution is 2.31. The van der Waals surface area contributed by atoms with Gasteiger partial charge in [-0.05, 0) is 25.2 Å². The molecule has 15 heavy (non-hydrogen) atoms. The summed E-state index contributed by atoms with van der Waals surface area (Å²) in [6.07, 6.45) is 9.53. The van der Waals surface area contributed by atoms with E-state index in [1.807, 2.05) is 17.8 Å². The molecule has 0 spiro atoms. The molecule has 1 fully saturated rings. The summed E-state index contributed by atoms with van der Waals surface area (Å²) in [6.45, 7) is 0. The first-order valence-corrected chi connectivity index (χ1v) is 6.59. The van der Waals surface area contributed by atoms with Gasteiger partial charge in [0.2, 0.25) is 0 Å². The molecule has 3 nitrogen and oxygen atoms in total. The number of hydrogen-bond acceptors (Lipinski definition) is 4. The third-order valence-electron chi connectivity index (χ3n) is 2.95. The molecule has 0 aromatic carbocycles. The predicted octanol–water partition coefficient (Wildman–Crippen LogP) is 2.36. The Bertz CT molecular complexity index is 329. The Hall–Kier alpha value is -0.900. The lowest BCUT2D eigenvalue weighted by Gasteiger charge is -2.21. The maximum atomic E-state index is 5.85. The molecule has 1 aliphatic carbocycles. The molecule has 0 aliphatic heterocycles. The summed E-state index contributed by atoms with van der Waals surface area (Å²) in [5.41, 5.74) is 7.62. The van der Waals surface area contributed by atoms with E-state index >= 15 is 0 Å². The molecule has 3 N–H and O–H groups in total. The van der Waals surface area contributed by atoms with Crippen molar-refractivity contribution >= 4 is 23.1 Å². The van der Waals surface area contributed by atoms with Crippen molar-refractivity contribution in [2.75, 3.05) is 17.3 Å². The minimum Gasteiger partial charge on any atom is -0.396 e. The lowest BCUT2D eigenvalue weighted by atomic mass is 10.2. The summed E-state index contributed by atoms with van der Waals surface area (Å²) in [6, 6.07) is 2.51. The highest BCUT2D eigenvalue weighted by molar-refractivity contribution is 7.99. The highest BCUT2D eigenvalue weighted by Gasteiger charge is 2.26. The number of nitrogens with two attached hydrogens (primary N) is 1. The van der Waals surface area contributed by atoms with Gasteiger partial charge in [-0.15, -0.1) is 0 Å². The number of pyridine rings is 1. The Kier molecular flexibility index (Phi) is 3.36. The van der Waals surface area contributed by atoms with Crippen molar-refractivity contribution in [2.24, 2.45) is 0 Å². The van der Waals surface area contributed by atoms with E-state index in [2.05, 4.69) is 16.6 Å². The van der Waals surface area contributed by atoms with Crippen LogP contribution in [0.15, 0.2) is 18.5 Å². The summed E-state index contributed by atoms with van der Waals surface area (Å²) < 4.78 is 0. The average molecular weight is 223 g/mol. The first kappa shape index (κ1) is 10.6. The number of anilines is 2. The molecule has 0 saturated heterocycles. The second kappa shape index (κ2) is 4.75. The molecular weight excluding hydrogens is 206 g/mol. The molecular formula is C11H17N3S. The van der Waals surface area contributed by atoms with Gasteiger partial charge in [-0.25, -0.2) is 0 Å². The molecule has 2 atom stereocenters. The molecule has 1 aromatic heterocycles. The van der Waals surface area contributed by atoms with Crippen molar-refractivity contribution in [1.29, 1.82) is 0 Å². The lowest BCUT2D eigenvalue weighted by molar-refractivity contribution is 0.769. The summed E-state index contributed by atoms with van der Waals surface area (Å²) in [5, 5.41) is 4.24. The monoisotopic (exact) mass is 223 g/mol. The van der Waals surface area contributed by atoms with Gasteiger partial charge in [0.25, 0.3) is 0 Å². The summed E-state index contributed by atoms with van der Waals surface area (Å²) >= 11 is 1.95. The fraction of sp³-hybridized carbons (Fsp3) is 0.545. The number of hydrogen-bond donors (Lipinski definition) is 2. The molecule has 1 saturated carbocycles. The van der Waals surface area contributed by atoms with Gasteiger partial charge < -0.3 is 11.1 Å². The Labute approximate surface area is 94.8 Å². The molecule has 0 bridgehead atoms. The second-order valence-electron chi connectivity index (χ2n) is 3.92. The second-order valence-corrected chi connectivity index (χ2v) is 5.00. The molecule has 1 aliphatic rings. The number of thioether (sulfide) groups is 1. The van der Waals surface area contributed by atoms with Crippen LogP contribution in [0.4, 0.5) is 11.4 Å². The predicted molar refractivity (Wildman–Crippen MR) is 67.2 cm³/mol. The Morgan fingerprint density at radius 2 is 2.40 bits per heavy atom. The van der Waals surface area contributed by atoms with Crippen molar-refractivity contribution in [1.82, 2.24) is 4.98 Å². The topological polar surface area (TPSA) is 50.9 Å². The van der Waals surface area contributed by atoms with Gasteiger partial charge in [-0.1, -0.05) is 6.42 Å². The van der Waals surface area contributed by atoms with Crippen LogP contribution in [0.3, 0.4) is 0 Å². The van der Waals surface area contributed by atoms with E-state index < -0.39 is 0 Å². The van der Waals surface area contributed by atoms with Gasteiger partial charge in [-0.2, -0.15) is 11.8 Å². The van der Waals surface area contributed by atoms with Crippen LogP contribution in [0.5, 0.6) is 0 Å². The van der Waals surface area contributed by atoms with Crippen molar-refractivity contribution in [2.45, 2.75) is 30.6 Å². The number of aromatic nitrogens is 1. The van der Waals surface area contributed by atoms with Crippen LogP contribution in [0.1, 0.15) is 19.3 Å². The van der Waals surface area contributed by atoms with Crippen molar-refractivity contribution < 1.29 is 0 Å². The minimum absolute atomic E-state index is 0.560. The van der Waals surface area contributed by atoms with Gasteiger partial charge in [0.15, 0.2) is 0 Å². The van der Waals surface area contributed by atoms with Gasteiger partial charge >= 0.3 is 0 Å². The van der Waals surface area contributed by atoms with Gasteiger partial charge in [0.1, 0.15) is 0 Å². The summed E-state index contributed by atoms with van der Waals surface area (Å²) in [5.74, 6) is 0. The van der Waals surface area contributed by atoms with E-state index in [1.54, 1.807) is 12.4 Å². The van der Waals surface area contributed by atoms with E-state index in [0.29, 0.717) is 6.04 Å². The zero-order chi connectivity index (χ0) is 10.7. The molecule has 82 valence electrons. The van der Waals surface area contributed by atoms with Crippen molar-refractivity contribution in [3.05, 3.63) is 18.5 Å². The standard InChI is InChI=1S/C11H17N3S/c1-15-11-4-2-3-10(11)14-9-5-6-13-7-8(9)12/h5-7,10-11H,2-4,12H2,1H3,(H,13,14). The largest absolute Gasteiger partial charge is 0.396 e.